The third-order valence-electron chi connectivity index (χ3n) is 8.26. The molecule has 1 saturated heterocycles. The lowest BCUT2D eigenvalue weighted by Gasteiger charge is -2.52. The summed E-state index contributed by atoms with van der Waals surface area (Å²) in [5, 5.41) is 0. The van der Waals surface area contributed by atoms with Gasteiger partial charge in [-0.05, 0) is 53.4 Å². The lowest BCUT2D eigenvalue weighted by atomic mass is 9.47. The first-order chi connectivity index (χ1) is 18.7. The number of carbonyl (C=O) groups is 2. The van der Waals surface area contributed by atoms with Crippen molar-refractivity contribution in [2.45, 2.75) is 18.3 Å². The van der Waals surface area contributed by atoms with Gasteiger partial charge in [0.1, 0.15) is 5.75 Å². The van der Waals surface area contributed by atoms with Crippen molar-refractivity contribution < 1.29 is 14.3 Å². The van der Waals surface area contributed by atoms with Crippen molar-refractivity contribution in [3.8, 4) is 5.75 Å². The molecule has 0 unspecified atom stereocenters. The van der Waals surface area contributed by atoms with Gasteiger partial charge < -0.3 is 4.74 Å². The molecule has 0 aromatic heterocycles. The number of nitrogens with zero attached hydrogens (tertiary/aromatic N) is 2. The number of carbonyl (C=O) groups excluding carboxylic acids is 2. The predicted molar refractivity (Wildman–Crippen MR) is 147 cm³/mol. The summed E-state index contributed by atoms with van der Waals surface area (Å²) >= 11 is 0. The van der Waals surface area contributed by atoms with Crippen LogP contribution in [-0.4, -0.2) is 24.6 Å². The molecule has 2 amide bonds. The van der Waals surface area contributed by atoms with Gasteiger partial charge in [-0.2, -0.15) is 0 Å². The van der Waals surface area contributed by atoms with Crippen LogP contribution in [0.4, 0.5) is 11.4 Å². The summed E-state index contributed by atoms with van der Waals surface area (Å²) in [6.07, 6.45) is 1.93. The van der Waals surface area contributed by atoms with Crippen LogP contribution in [0.15, 0.2) is 108 Å². The van der Waals surface area contributed by atoms with Crippen molar-refractivity contribution in [1.29, 1.82) is 0 Å². The van der Waals surface area contributed by atoms with Crippen LogP contribution in [0.1, 0.15) is 35.1 Å². The van der Waals surface area contributed by atoms with E-state index in [4.69, 9.17) is 9.73 Å². The Hall–Kier alpha value is -4.51. The average Bonchev–Trinajstić information content (AvgIpc) is 3.23. The molecule has 4 aliphatic rings. The van der Waals surface area contributed by atoms with Crippen LogP contribution in [0.25, 0.3) is 0 Å². The zero-order chi connectivity index (χ0) is 25.9. The number of hydrogen-bond acceptors (Lipinski definition) is 4. The van der Waals surface area contributed by atoms with Gasteiger partial charge in [0.2, 0.25) is 11.8 Å². The Morgan fingerprint density at radius 1 is 0.789 bits per heavy atom. The molecule has 5 heteroatoms. The fourth-order valence-electron chi connectivity index (χ4n) is 6.90. The van der Waals surface area contributed by atoms with Crippen LogP contribution < -0.4 is 9.64 Å². The highest BCUT2D eigenvalue weighted by Gasteiger charge is 2.68. The van der Waals surface area contributed by atoms with E-state index in [0.29, 0.717) is 18.0 Å². The van der Waals surface area contributed by atoms with E-state index in [1.54, 1.807) is 6.07 Å². The van der Waals surface area contributed by atoms with Crippen molar-refractivity contribution in [3.05, 3.63) is 125 Å². The van der Waals surface area contributed by atoms with Crippen molar-refractivity contribution in [2.75, 3.05) is 11.5 Å². The molecule has 1 heterocycles. The molecule has 4 aromatic rings. The van der Waals surface area contributed by atoms with Gasteiger partial charge in [0.25, 0.3) is 0 Å². The van der Waals surface area contributed by atoms with Crippen LogP contribution in [0.5, 0.6) is 5.75 Å². The maximum absolute atomic E-state index is 14.5. The molecule has 0 saturated carbocycles. The Balaban J connectivity index is 1.50. The number of benzene rings is 4. The topological polar surface area (TPSA) is 59.0 Å². The van der Waals surface area contributed by atoms with Crippen molar-refractivity contribution in [3.63, 3.8) is 0 Å². The zero-order valence-corrected chi connectivity index (χ0v) is 21.0. The largest absolute Gasteiger partial charge is 0.492 e. The van der Waals surface area contributed by atoms with Gasteiger partial charge in [0, 0.05) is 12.1 Å². The fourth-order valence-corrected chi connectivity index (χ4v) is 6.90. The summed E-state index contributed by atoms with van der Waals surface area (Å²) in [6.45, 7) is 2.33. The second kappa shape index (κ2) is 8.52. The Morgan fingerprint density at radius 3 is 2.08 bits per heavy atom. The normalized spacial score (nSPS) is 24.9. The summed E-state index contributed by atoms with van der Waals surface area (Å²) in [4.78, 5) is 35.2. The van der Waals surface area contributed by atoms with Crippen LogP contribution in [0.2, 0.25) is 0 Å². The van der Waals surface area contributed by atoms with Gasteiger partial charge in [0.05, 0.1) is 35.2 Å². The van der Waals surface area contributed by atoms with E-state index in [9.17, 15) is 9.59 Å². The van der Waals surface area contributed by atoms with E-state index in [0.717, 1.165) is 27.9 Å². The highest BCUT2D eigenvalue weighted by molar-refractivity contribution is 6.25. The highest BCUT2D eigenvalue weighted by Crippen LogP contribution is 2.64. The molecule has 4 aromatic carbocycles. The molecule has 38 heavy (non-hydrogen) atoms. The van der Waals surface area contributed by atoms with Gasteiger partial charge in [0.15, 0.2) is 0 Å². The molecule has 0 N–H and O–H groups in total. The monoisotopic (exact) mass is 498 g/mol. The maximum atomic E-state index is 14.5. The lowest BCUT2D eigenvalue weighted by molar-refractivity contribution is -0.122. The van der Waals surface area contributed by atoms with E-state index < -0.39 is 17.3 Å². The first kappa shape index (κ1) is 22.7. The number of amides is 2. The van der Waals surface area contributed by atoms with Crippen LogP contribution in [0, 0.1) is 11.8 Å². The third kappa shape index (κ3) is 2.96. The Morgan fingerprint density at radius 2 is 1.39 bits per heavy atom. The van der Waals surface area contributed by atoms with E-state index >= 15 is 0 Å². The number of imide groups is 1. The summed E-state index contributed by atoms with van der Waals surface area (Å²) in [5.41, 5.74) is 4.69. The first-order valence-corrected chi connectivity index (χ1v) is 13.1. The number of aliphatic imine (C=N–C) groups is 1. The summed E-state index contributed by atoms with van der Waals surface area (Å²) in [6, 6.07) is 33.5. The molecule has 1 aliphatic heterocycles. The molecule has 8 rings (SSSR count). The van der Waals surface area contributed by atoms with Crippen molar-refractivity contribution in [2.24, 2.45) is 16.8 Å². The molecule has 2 bridgehead atoms. The second-order valence-electron chi connectivity index (χ2n) is 10.0. The zero-order valence-electron chi connectivity index (χ0n) is 21.0. The fraction of sp³-hybridized carbons (Fsp3) is 0.182. The Kier molecular flexibility index (Phi) is 5.08. The summed E-state index contributed by atoms with van der Waals surface area (Å²) < 4.78 is 5.85. The minimum atomic E-state index is -0.884. The molecule has 186 valence electrons. The summed E-state index contributed by atoms with van der Waals surface area (Å²) in [7, 11) is 0. The van der Waals surface area contributed by atoms with Gasteiger partial charge in [-0.25, -0.2) is 4.90 Å². The smallest absolute Gasteiger partial charge is 0.239 e. The molecule has 0 spiro atoms. The number of anilines is 1. The molecule has 3 aliphatic carbocycles. The van der Waals surface area contributed by atoms with E-state index in [1.807, 2.05) is 85.9 Å². The minimum absolute atomic E-state index is 0.182. The highest BCUT2D eigenvalue weighted by atomic mass is 16.5. The molecule has 0 radical (unpaired) electrons. The number of rotatable bonds is 5. The molecule has 5 nitrogen and oxygen atoms in total. The third-order valence-corrected chi connectivity index (χ3v) is 8.26. The van der Waals surface area contributed by atoms with Crippen molar-refractivity contribution in [1.82, 2.24) is 0 Å². The molecule has 1 fully saturated rings. The number of para-hydroxylation sites is 3. The quantitative estimate of drug-likeness (QED) is 0.249. The van der Waals surface area contributed by atoms with Gasteiger partial charge in [-0.15, -0.1) is 0 Å². The Bertz CT molecular complexity index is 1560. The second-order valence-corrected chi connectivity index (χ2v) is 10.0. The number of hydrogen-bond donors (Lipinski definition) is 0. The summed E-state index contributed by atoms with van der Waals surface area (Å²) in [5.74, 6) is -1.22. The molecule has 2 atom stereocenters. The van der Waals surface area contributed by atoms with Crippen LogP contribution in [-0.2, 0) is 15.0 Å². The molecular formula is C33H26N2O3. The number of ether oxygens (including phenoxy) is 1. The first-order valence-electron chi connectivity index (χ1n) is 13.1. The van der Waals surface area contributed by atoms with Crippen molar-refractivity contribution >= 4 is 29.4 Å². The minimum Gasteiger partial charge on any atom is -0.492 e. The van der Waals surface area contributed by atoms with Gasteiger partial charge in [-0.1, -0.05) is 78.9 Å². The Labute approximate surface area is 221 Å². The van der Waals surface area contributed by atoms with E-state index in [1.165, 1.54) is 4.90 Å². The predicted octanol–water partition coefficient (Wildman–Crippen LogP) is 6.04. The van der Waals surface area contributed by atoms with Gasteiger partial charge in [-0.3, -0.25) is 14.6 Å². The van der Waals surface area contributed by atoms with Gasteiger partial charge >= 0.3 is 0 Å². The van der Waals surface area contributed by atoms with Crippen LogP contribution in [0.3, 0.4) is 0 Å². The van der Waals surface area contributed by atoms with E-state index in [-0.39, 0.29) is 17.7 Å². The lowest BCUT2D eigenvalue weighted by Crippen LogP contribution is -2.54. The average molecular weight is 499 g/mol. The van der Waals surface area contributed by atoms with Crippen LogP contribution >= 0.6 is 0 Å². The molecular weight excluding hydrogens is 472 g/mol. The standard InChI is InChI=1S/C33H26N2O3/c1-2-38-27-19-11-10-18-26(27)35-31(36)29-28-22-14-6-8-16-24(22)33(30(29)32(35)37,25-17-9-7-15-23(25)28)20-34-21-12-4-3-5-13-21/h3-20,28-30H,2H2,1H3/t28?,29-,30-,33?/m0/s1. The maximum Gasteiger partial charge on any atom is 0.239 e. The van der Waals surface area contributed by atoms with E-state index in [2.05, 4.69) is 24.3 Å². The SMILES string of the molecule is CCOc1ccccc1N1C(=O)[C@@H]2[C@@H](C1=O)C1c3ccccc3C2(C=Nc2ccccc2)c2ccccc21.